The minimum atomic E-state index is -1.72. The van der Waals surface area contributed by atoms with Crippen molar-refractivity contribution in [2.24, 2.45) is 0 Å². The molecule has 14 heteroatoms. The lowest BCUT2D eigenvalue weighted by molar-refractivity contribution is -0.332. The molecule has 0 spiro atoms. The molecule has 0 bridgehead atoms. The van der Waals surface area contributed by atoms with Gasteiger partial charge in [-0.1, -0.05) is 132 Å². The van der Waals surface area contributed by atoms with Gasteiger partial charge in [0.05, 0.1) is 26.4 Å². The van der Waals surface area contributed by atoms with E-state index in [1.54, 1.807) is 0 Å². The van der Waals surface area contributed by atoms with Crippen molar-refractivity contribution in [2.45, 2.75) is 210 Å². The van der Waals surface area contributed by atoms with Crippen molar-refractivity contribution in [2.75, 3.05) is 33.0 Å². The lowest BCUT2D eigenvalue weighted by Gasteiger charge is -2.42. The SMILES string of the molecule is CC/C=C\C/C=C\C/C=C\C/C=C\CCC(=O)OC(COCCCCCCCC/C=C\CCCCCCCC)COC1OC(COC2OC(CO)C(O)C(O)C2O)C(O)C(O)C1O. The molecule has 7 N–H and O–H groups in total. The molecule has 0 saturated carbocycles. The Hall–Kier alpha value is -2.31. The van der Waals surface area contributed by atoms with E-state index in [9.17, 15) is 40.5 Å². The molecule has 2 rings (SSSR count). The van der Waals surface area contributed by atoms with Crippen LogP contribution in [-0.2, 0) is 33.2 Å². The molecule has 0 radical (unpaired) electrons. The van der Waals surface area contributed by atoms with Gasteiger partial charge in [0, 0.05) is 13.0 Å². The highest BCUT2D eigenvalue weighted by Gasteiger charge is 2.47. The van der Waals surface area contributed by atoms with Crippen LogP contribution in [0, 0.1) is 0 Å². The summed E-state index contributed by atoms with van der Waals surface area (Å²) in [7, 11) is 0. The van der Waals surface area contributed by atoms with E-state index in [1.807, 2.05) is 12.2 Å². The van der Waals surface area contributed by atoms with Crippen molar-refractivity contribution >= 4 is 5.97 Å². The fourth-order valence-electron chi connectivity index (χ4n) is 7.12. The van der Waals surface area contributed by atoms with Crippen LogP contribution < -0.4 is 0 Å². The summed E-state index contributed by atoms with van der Waals surface area (Å²) < 4.78 is 34.1. The summed E-state index contributed by atoms with van der Waals surface area (Å²) in [6.45, 7) is 3.43. The highest BCUT2D eigenvalue weighted by atomic mass is 16.7. The van der Waals surface area contributed by atoms with Gasteiger partial charge in [-0.05, 0) is 64.2 Å². The lowest BCUT2D eigenvalue weighted by atomic mass is 9.98. The third kappa shape index (κ3) is 25.3. The zero-order valence-electron chi connectivity index (χ0n) is 38.3. The molecule has 2 aliphatic rings. The second-order valence-corrected chi connectivity index (χ2v) is 16.5. The molecule has 0 aromatic rings. The molecule has 0 aromatic carbocycles. The van der Waals surface area contributed by atoms with E-state index >= 15 is 0 Å². The molecule has 2 fully saturated rings. The van der Waals surface area contributed by atoms with E-state index in [0.717, 1.165) is 57.8 Å². The molecule has 2 saturated heterocycles. The molecule has 63 heavy (non-hydrogen) atoms. The molecule has 11 atom stereocenters. The summed E-state index contributed by atoms with van der Waals surface area (Å²) in [5, 5.41) is 72.0. The Morgan fingerprint density at radius 2 is 1.03 bits per heavy atom. The first-order valence-corrected chi connectivity index (χ1v) is 23.9. The van der Waals surface area contributed by atoms with Crippen LogP contribution >= 0.6 is 0 Å². The van der Waals surface area contributed by atoms with Gasteiger partial charge in [-0.3, -0.25) is 4.79 Å². The number of aliphatic hydroxyl groups is 7. The third-order valence-electron chi connectivity index (χ3n) is 11.0. The Bertz CT molecular complexity index is 1270. The van der Waals surface area contributed by atoms with Gasteiger partial charge in [0.2, 0.25) is 0 Å². The molecule has 14 nitrogen and oxygen atoms in total. The Morgan fingerprint density at radius 1 is 0.540 bits per heavy atom. The predicted octanol–water partition coefficient (Wildman–Crippen LogP) is 6.18. The molecule has 11 unspecified atom stereocenters. The summed E-state index contributed by atoms with van der Waals surface area (Å²) in [5.74, 6) is -0.460. The van der Waals surface area contributed by atoms with Crippen molar-refractivity contribution in [3.05, 3.63) is 60.8 Å². The van der Waals surface area contributed by atoms with Crippen molar-refractivity contribution in [1.82, 2.24) is 0 Å². The smallest absolute Gasteiger partial charge is 0.306 e. The molecular weight excluding hydrogens is 813 g/mol. The monoisotopic (exact) mass is 897 g/mol. The average molecular weight is 897 g/mol. The highest BCUT2D eigenvalue weighted by Crippen LogP contribution is 2.26. The lowest BCUT2D eigenvalue weighted by Crippen LogP contribution is -2.61. The van der Waals surface area contributed by atoms with Gasteiger partial charge < -0.3 is 64.2 Å². The second kappa shape index (κ2) is 36.9. The van der Waals surface area contributed by atoms with Crippen molar-refractivity contribution < 1.29 is 69.0 Å². The van der Waals surface area contributed by atoms with E-state index in [-0.39, 0.29) is 19.6 Å². The maximum atomic E-state index is 12.9. The third-order valence-corrected chi connectivity index (χ3v) is 11.0. The maximum Gasteiger partial charge on any atom is 0.306 e. The quantitative estimate of drug-likeness (QED) is 0.0213. The average Bonchev–Trinajstić information content (AvgIpc) is 3.28. The fourth-order valence-corrected chi connectivity index (χ4v) is 7.12. The first kappa shape index (κ1) is 56.8. The predicted molar refractivity (Wildman–Crippen MR) is 242 cm³/mol. The first-order chi connectivity index (χ1) is 30.6. The summed E-state index contributed by atoms with van der Waals surface area (Å²) in [6.07, 6.45) is 25.9. The van der Waals surface area contributed by atoms with Crippen LogP contribution in [0.4, 0.5) is 0 Å². The number of hydrogen-bond acceptors (Lipinski definition) is 14. The number of carbonyl (C=O) groups is 1. The van der Waals surface area contributed by atoms with Gasteiger partial charge in [0.25, 0.3) is 0 Å². The highest BCUT2D eigenvalue weighted by molar-refractivity contribution is 5.69. The van der Waals surface area contributed by atoms with Gasteiger partial charge in [0.1, 0.15) is 54.9 Å². The molecule has 0 aliphatic carbocycles. The zero-order chi connectivity index (χ0) is 45.9. The summed E-state index contributed by atoms with van der Waals surface area (Å²) in [5.41, 5.74) is 0. The van der Waals surface area contributed by atoms with Crippen LogP contribution in [-0.4, -0.2) is 142 Å². The van der Waals surface area contributed by atoms with Crippen molar-refractivity contribution in [3.63, 3.8) is 0 Å². The van der Waals surface area contributed by atoms with Gasteiger partial charge in [-0.25, -0.2) is 0 Å². The minimum Gasteiger partial charge on any atom is -0.457 e. The van der Waals surface area contributed by atoms with E-state index < -0.39 is 86.7 Å². The number of allylic oxidation sites excluding steroid dienone is 10. The number of hydrogen-bond donors (Lipinski definition) is 7. The van der Waals surface area contributed by atoms with Gasteiger partial charge in [-0.2, -0.15) is 0 Å². The van der Waals surface area contributed by atoms with Crippen LogP contribution in [0.1, 0.15) is 142 Å². The minimum absolute atomic E-state index is 0.0262. The van der Waals surface area contributed by atoms with E-state index in [1.165, 1.54) is 57.8 Å². The number of ether oxygens (including phenoxy) is 6. The summed E-state index contributed by atoms with van der Waals surface area (Å²) in [6, 6.07) is 0. The molecule has 0 amide bonds. The Labute approximate surface area is 377 Å². The molecule has 364 valence electrons. The number of esters is 1. The van der Waals surface area contributed by atoms with Gasteiger partial charge in [-0.15, -0.1) is 0 Å². The normalized spacial score (nSPS) is 27.5. The molecular formula is C49H84O14. The van der Waals surface area contributed by atoms with E-state index in [4.69, 9.17) is 28.4 Å². The largest absolute Gasteiger partial charge is 0.457 e. The van der Waals surface area contributed by atoms with Crippen molar-refractivity contribution in [1.29, 1.82) is 0 Å². The Balaban J connectivity index is 1.83. The Kier molecular flexibility index (Phi) is 33.2. The van der Waals surface area contributed by atoms with Gasteiger partial charge in [0.15, 0.2) is 12.6 Å². The summed E-state index contributed by atoms with van der Waals surface area (Å²) in [4.78, 5) is 12.9. The van der Waals surface area contributed by atoms with E-state index in [0.29, 0.717) is 13.0 Å². The topological polar surface area (TPSA) is 214 Å². The van der Waals surface area contributed by atoms with Crippen LogP contribution in [0.15, 0.2) is 60.8 Å². The number of unbranched alkanes of at least 4 members (excludes halogenated alkanes) is 12. The van der Waals surface area contributed by atoms with E-state index in [2.05, 4.69) is 62.5 Å². The fraction of sp³-hybridized carbons (Fsp3) is 0.776. The van der Waals surface area contributed by atoms with Gasteiger partial charge >= 0.3 is 5.97 Å². The molecule has 2 heterocycles. The maximum absolute atomic E-state index is 12.9. The number of aliphatic hydroxyl groups excluding tert-OH is 7. The molecule has 0 aromatic heterocycles. The van der Waals surface area contributed by atoms with Crippen LogP contribution in [0.5, 0.6) is 0 Å². The second-order valence-electron chi connectivity index (χ2n) is 16.5. The first-order valence-electron chi connectivity index (χ1n) is 23.9. The summed E-state index contributed by atoms with van der Waals surface area (Å²) >= 11 is 0. The van der Waals surface area contributed by atoms with Crippen molar-refractivity contribution in [3.8, 4) is 0 Å². The Morgan fingerprint density at radius 3 is 1.62 bits per heavy atom. The number of carbonyl (C=O) groups excluding carboxylic acids is 1. The zero-order valence-corrected chi connectivity index (χ0v) is 38.3. The number of rotatable bonds is 36. The van der Waals surface area contributed by atoms with Crippen LogP contribution in [0.2, 0.25) is 0 Å². The molecule has 2 aliphatic heterocycles. The van der Waals surface area contributed by atoms with Crippen LogP contribution in [0.25, 0.3) is 0 Å². The standard InChI is InChI=1S/C49H84O14/c1-3-5-7-9-11-13-15-17-18-19-21-23-25-27-29-31-33-58-35-38(61-41(51)32-30-28-26-24-22-20-16-14-12-10-8-6-4-2)36-59-48-47(57)45(55)43(53)40(63-48)37-60-49-46(56)44(54)42(52)39(34-50)62-49/h6,8,12,14,17-18,20,22,26,28,38-40,42-50,52-57H,3-5,7,9-11,13,15-16,19,21,23-25,27,29-37H2,1-2H3/b8-6-,14-12-,18-17-,22-20-,28-26-. The van der Waals surface area contributed by atoms with Crippen LogP contribution in [0.3, 0.4) is 0 Å².